The van der Waals surface area contributed by atoms with Crippen molar-refractivity contribution in [1.82, 2.24) is 15.5 Å². The summed E-state index contributed by atoms with van der Waals surface area (Å²) in [4.78, 5) is 40.7. The van der Waals surface area contributed by atoms with Gasteiger partial charge in [0, 0.05) is 29.6 Å². The monoisotopic (exact) mass is 456 g/mol. The number of fused-ring (bicyclic) bond motifs is 1. The molecule has 0 saturated carbocycles. The lowest BCUT2D eigenvalue weighted by Gasteiger charge is -2.44. The van der Waals surface area contributed by atoms with Gasteiger partial charge in [-0.25, -0.2) is 9.18 Å². The van der Waals surface area contributed by atoms with Gasteiger partial charge in [0.1, 0.15) is 17.9 Å². The van der Waals surface area contributed by atoms with E-state index >= 15 is 0 Å². The Labute approximate surface area is 190 Å². The van der Waals surface area contributed by atoms with Crippen molar-refractivity contribution in [1.29, 1.82) is 0 Å². The van der Waals surface area contributed by atoms with Crippen LogP contribution in [0.4, 0.5) is 14.9 Å². The van der Waals surface area contributed by atoms with Crippen molar-refractivity contribution in [2.45, 2.75) is 42.3 Å². The molecule has 2 saturated heterocycles. The number of nitrogens with one attached hydrogen (secondary N) is 3. The van der Waals surface area contributed by atoms with Crippen molar-refractivity contribution in [2.75, 3.05) is 18.1 Å². The predicted molar refractivity (Wildman–Crippen MR) is 121 cm³/mol. The van der Waals surface area contributed by atoms with Gasteiger partial charge < -0.3 is 20.9 Å². The highest BCUT2D eigenvalue weighted by molar-refractivity contribution is 7.98. The fourth-order valence-electron chi connectivity index (χ4n) is 4.19. The number of thioether (sulfide) groups is 1. The summed E-state index contributed by atoms with van der Waals surface area (Å²) in [7, 11) is 0. The van der Waals surface area contributed by atoms with Crippen LogP contribution in [0.5, 0.6) is 0 Å². The van der Waals surface area contributed by atoms with E-state index in [0.29, 0.717) is 31.5 Å². The van der Waals surface area contributed by atoms with Crippen LogP contribution in [0.2, 0.25) is 0 Å². The quantitative estimate of drug-likeness (QED) is 0.604. The third-order valence-corrected chi connectivity index (χ3v) is 6.54. The standard InChI is InChI=1S/C23H25FN4O3S/c1-32-18-4-2-3-16(12-18)25-23(31)26-17-9-10-28-20(13-17)21(29)27-19(22(28)30)11-14-5-7-15(24)8-6-14/h2-8,12,17,19-20H,9-11,13H2,1H3,(H,27,29)(H2,25,26,31). The Morgan fingerprint density at radius 2 is 2.00 bits per heavy atom. The Morgan fingerprint density at radius 3 is 2.75 bits per heavy atom. The molecule has 0 bridgehead atoms. The Kier molecular flexibility index (Phi) is 6.64. The number of urea groups is 1. The molecule has 4 rings (SSSR count). The van der Waals surface area contributed by atoms with Crippen LogP contribution in [0.3, 0.4) is 0 Å². The second-order valence-electron chi connectivity index (χ2n) is 7.99. The molecule has 2 aliphatic heterocycles. The molecule has 0 radical (unpaired) electrons. The van der Waals surface area contributed by atoms with E-state index in [1.807, 2.05) is 30.5 Å². The topological polar surface area (TPSA) is 90.5 Å². The molecule has 0 spiro atoms. The lowest BCUT2D eigenvalue weighted by molar-refractivity contribution is -0.151. The number of carbonyl (C=O) groups excluding carboxylic acids is 3. The average molecular weight is 457 g/mol. The Morgan fingerprint density at radius 1 is 1.22 bits per heavy atom. The van der Waals surface area contributed by atoms with Gasteiger partial charge in [0.05, 0.1) is 0 Å². The first kappa shape index (κ1) is 22.1. The zero-order valence-electron chi connectivity index (χ0n) is 17.6. The lowest BCUT2D eigenvalue weighted by atomic mass is 9.91. The summed E-state index contributed by atoms with van der Waals surface area (Å²) in [5, 5.41) is 8.54. The van der Waals surface area contributed by atoms with E-state index in [-0.39, 0.29) is 29.7 Å². The highest BCUT2D eigenvalue weighted by atomic mass is 32.2. The Balaban J connectivity index is 1.34. The Hall–Kier alpha value is -3.07. The Bertz CT molecular complexity index is 1020. The number of hydrogen-bond acceptors (Lipinski definition) is 4. The molecule has 168 valence electrons. The van der Waals surface area contributed by atoms with E-state index in [0.717, 1.165) is 10.5 Å². The molecular weight excluding hydrogens is 431 g/mol. The summed E-state index contributed by atoms with van der Waals surface area (Å²) in [6, 6.07) is 11.6. The molecule has 9 heteroatoms. The molecule has 2 heterocycles. The van der Waals surface area contributed by atoms with Gasteiger partial charge >= 0.3 is 6.03 Å². The normalized spacial score (nSPS) is 22.7. The van der Waals surface area contributed by atoms with Gasteiger partial charge in [0.2, 0.25) is 11.8 Å². The van der Waals surface area contributed by atoms with E-state index in [1.165, 1.54) is 12.1 Å². The van der Waals surface area contributed by atoms with Gasteiger partial charge in [-0.2, -0.15) is 0 Å². The van der Waals surface area contributed by atoms with Crippen molar-refractivity contribution in [3.05, 3.63) is 59.9 Å². The predicted octanol–water partition coefficient (Wildman–Crippen LogP) is 2.77. The number of carbonyl (C=O) groups is 3. The van der Waals surface area contributed by atoms with Crippen molar-refractivity contribution in [3.8, 4) is 0 Å². The first-order chi connectivity index (χ1) is 15.4. The van der Waals surface area contributed by atoms with Gasteiger partial charge in [0.25, 0.3) is 0 Å². The molecule has 4 amide bonds. The molecule has 0 aliphatic carbocycles. The molecule has 3 N–H and O–H groups in total. The number of rotatable bonds is 5. The lowest BCUT2D eigenvalue weighted by Crippen LogP contribution is -2.67. The highest BCUT2D eigenvalue weighted by Gasteiger charge is 2.44. The summed E-state index contributed by atoms with van der Waals surface area (Å²) in [5.74, 6) is -0.713. The summed E-state index contributed by atoms with van der Waals surface area (Å²) in [6.45, 7) is 0.393. The number of piperidine rings is 1. The van der Waals surface area contributed by atoms with Gasteiger partial charge in [-0.05, 0) is 55.0 Å². The third kappa shape index (κ3) is 5.04. The number of halogens is 1. The van der Waals surface area contributed by atoms with Gasteiger partial charge in [-0.1, -0.05) is 18.2 Å². The first-order valence-electron chi connectivity index (χ1n) is 10.5. The molecule has 2 fully saturated rings. The fourth-order valence-corrected chi connectivity index (χ4v) is 4.65. The summed E-state index contributed by atoms with van der Waals surface area (Å²) in [6.07, 6.45) is 3.21. The maximum absolute atomic E-state index is 13.1. The highest BCUT2D eigenvalue weighted by Crippen LogP contribution is 2.24. The number of anilines is 1. The number of piperazine rings is 1. The van der Waals surface area contributed by atoms with Gasteiger partial charge in [-0.15, -0.1) is 11.8 Å². The zero-order valence-corrected chi connectivity index (χ0v) is 18.5. The molecule has 3 atom stereocenters. The van der Waals surface area contributed by atoms with Crippen LogP contribution in [0.25, 0.3) is 0 Å². The van der Waals surface area contributed by atoms with Crippen LogP contribution < -0.4 is 16.0 Å². The van der Waals surface area contributed by atoms with Crippen LogP contribution in [0, 0.1) is 5.82 Å². The number of benzene rings is 2. The fraction of sp³-hybridized carbons (Fsp3) is 0.348. The number of hydrogen-bond donors (Lipinski definition) is 3. The van der Waals surface area contributed by atoms with Crippen LogP contribution in [-0.4, -0.2) is 53.7 Å². The van der Waals surface area contributed by atoms with Gasteiger partial charge in [-0.3, -0.25) is 9.59 Å². The molecule has 32 heavy (non-hydrogen) atoms. The summed E-state index contributed by atoms with van der Waals surface area (Å²) in [5.41, 5.74) is 1.48. The van der Waals surface area contributed by atoms with Crippen molar-refractivity contribution in [2.24, 2.45) is 0 Å². The smallest absolute Gasteiger partial charge is 0.319 e. The maximum atomic E-state index is 13.1. The third-order valence-electron chi connectivity index (χ3n) is 5.82. The minimum Gasteiger partial charge on any atom is -0.342 e. The van der Waals surface area contributed by atoms with E-state index < -0.39 is 12.1 Å². The maximum Gasteiger partial charge on any atom is 0.319 e. The second-order valence-corrected chi connectivity index (χ2v) is 8.87. The summed E-state index contributed by atoms with van der Waals surface area (Å²) < 4.78 is 13.1. The van der Waals surface area contributed by atoms with Crippen molar-refractivity contribution >= 4 is 35.3 Å². The summed E-state index contributed by atoms with van der Waals surface area (Å²) >= 11 is 1.59. The van der Waals surface area contributed by atoms with E-state index in [9.17, 15) is 18.8 Å². The first-order valence-corrected chi connectivity index (χ1v) is 11.7. The van der Waals surface area contributed by atoms with E-state index in [4.69, 9.17) is 0 Å². The molecule has 2 aliphatic rings. The molecular formula is C23H25FN4O3S. The molecule has 7 nitrogen and oxygen atoms in total. The van der Waals surface area contributed by atoms with Crippen LogP contribution in [0.15, 0.2) is 53.4 Å². The average Bonchev–Trinajstić information content (AvgIpc) is 2.79. The van der Waals surface area contributed by atoms with E-state index in [1.54, 1.807) is 28.8 Å². The largest absolute Gasteiger partial charge is 0.342 e. The second kappa shape index (κ2) is 9.60. The van der Waals surface area contributed by atoms with Crippen LogP contribution in [-0.2, 0) is 16.0 Å². The van der Waals surface area contributed by atoms with Crippen molar-refractivity contribution < 1.29 is 18.8 Å². The molecule has 2 aromatic carbocycles. The van der Waals surface area contributed by atoms with Crippen LogP contribution in [0.1, 0.15) is 18.4 Å². The minimum absolute atomic E-state index is 0.143. The molecule has 2 aromatic rings. The zero-order chi connectivity index (χ0) is 22.7. The minimum atomic E-state index is -0.666. The number of nitrogens with zero attached hydrogens (tertiary/aromatic N) is 1. The van der Waals surface area contributed by atoms with Crippen LogP contribution >= 0.6 is 11.8 Å². The SMILES string of the molecule is CSc1cccc(NC(=O)NC2CCN3C(=O)C(Cc4ccc(F)cc4)NC(=O)C3C2)c1. The van der Waals surface area contributed by atoms with E-state index in [2.05, 4.69) is 16.0 Å². The van der Waals surface area contributed by atoms with Gasteiger partial charge in [0.15, 0.2) is 0 Å². The molecule has 0 aromatic heterocycles. The number of amides is 4. The van der Waals surface area contributed by atoms with Crippen molar-refractivity contribution in [3.63, 3.8) is 0 Å². The molecule has 3 unspecified atom stereocenters.